The Morgan fingerprint density at radius 3 is 2.56 bits per heavy atom. The number of piperidine rings is 1. The summed E-state index contributed by atoms with van der Waals surface area (Å²) in [5.41, 5.74) is 1.00. The highest BCUT2D eigenvalue weighted by Gasteiger charge is 2.24. The number of aryl methyl sites for hydroxylation is 2. The summed E-state index contributed by atoms with van der Waals surface area (Å²) < 4.78 is 5.40. The van der Waals surface area contributed by atoms with Gasteiger partial charge in [-0.25, -0.2) is 0 Å². The SMILES string of the molecule is Cc1cc(C(=O)N2CCC(O)CC2)oc1C. The monoisotopic (exact) mass is 223 g/mol. The van der Waals surface area contributed by atoms with E-state index in [0.29, 0.717) is 31.7 Å². The first kappa shape index (κ1) is 11.2. The second kappa shape index (κ2) is 4.29. The molecule has 0 radical (unpaired) electrons. The van der Waals surface area contributed by atoms with Crippen LogP contribution in [0.15, 0.2) is 10.5 Å². The minimum atomic E-state index is -0.260. The van der Waals surface area contributed by atoms with Crippen LogP contribution in [-0.4, -0.2) is 35.1 Å². The Labute approximate surface area is 94.9 Å². The highest BCUT2D eigenvalue weighted by molar-refractivity contribution is 5.91. The van der Waals surface area contributed by atoms with Crippen molar-refractivity contribution in [2.75, 3.05) is 13.1 Å². The molecule has 1 fully saturated rings. The maximum absolute atomic E-state index is 12.0. The molecule has 1 N–H and O–H groups in total. The van der Waals surface area contributed by atoms with Gasteiger partial charge in [0, 0.05) is 13.1 Å². The Kier molecular flexibility index (Phi) is 3.01. The summed E-state index contributed by atoms with van der Waals surface area (Å²) in [5, 5.41) is 9.37. The molecule has 0 bridgehead atoms. The number of furan rings is 1. The van der Waals surface area contributed by atoms with Gasteiger partial charge in [0.1, 0.15) is 5.76 Å². The molecular weight excluding hydrogens is 206 g/mol. The maximum Gasteiger partial charge on any atom is 0.289 e. The number of rotatable bonds is 1. The highest BCUT2D eigenvalue weighted by atomic mass is 16.4. The molecule has 1 saturated heterocycles. The minimum Gasteiger partial charge on any atom is -0.456 e. The molecule has 2 heterocycles. The van der Waals surface area contributed by atoms with Crippen molar-refractivity contribution in [3.05, 3.63) is 23.2 Å². The van der Waals surface area contributed by atoms with Crippen LogP contribution in [0.3, 0.4) is 0 Å². The van der Waals surface area contributed by atoms with Gasteiger partial charge >= 0.3 is 0 Å². The second-order valence-corrected chi connectivity index (χ2v) is 4.37. The van der Waals surface area contributed by atoms with Crippen LogP contribution in [-0.2, 0) is 0 Å². The number of aliphatic hydroxyl groups is 1. The first-order valence-electron chi connectivity index (χ1n) is 5.62. The zero-order valence-corrected chi connectivity index (χ0v) is 9.69. The number of hydrogen-bond acceptors (Lipinski definition) is 3. The summed E-state index contributed by atoms with van der Waals surface area (Å²) in [6.45, 7) is 5.00. The molecule has 1 aliphatic heterocycles. The van der Waals surface area contributed by atoms with E-state index in [1.807, 2.05) is 13.8 Å². The number of nitrogens with zero attached hydrogens (tertiary/aromatic N) is 1. The predicted molar refractivity (Wildman–Crippen MR) is 59.3 cm³/mol. The molecule has 1 aliphatic rings. The molecule has 88 valence electrons. The van der Waals surface area contributed by atoms with Gasteiger partial charge in [0.15, 0.2) is 5.76 Å². The lowest BCUT2D eigenvalue weighted by Crippen LogP contribution is -2.39. The van der Waals surface area contributed by atoms with E-state index in [4.69, 9.17) is 4.42 Å². The first-order chi connectivity index (χ1) is 7.58. The lowest BCUT2D eigenvalue weighted by Gasteiger charge is -2.28. The number of likely N-dealkylation sites (tertiary alicyclic amines) is 1. The normalized spacial score (nSPS) is 17.8. The van der Waals surface area contributed by atoms with Gasteiger partial charge in [-0.05, 0) is 38.3 Å². The number of hydrogen-bond donors (Lipinski definition) is 1. The smallest absolute Gasteiger partial charge is 0.289 e. The molecule has 1 amide bonds. The van der Waals surface area contributed by atoms with E-state index in [2.05, 4.69) is 0 Å². The second-order valence-electron chi connectivity index (χ2n) is 4.37. The molecule has 0 unspecified atom stereocenters. The van der Waals surface area contributed by atoms with E-state index in [1.54, 1.807) is 11.0 Å². The fourth-order valence-electron chi connectivity index (χ4n) is 1.90. The maximum atomic E-state index is 12.0. The summed E-state index contributed by atoms with van der Waals surface area (Å²) in [5.74, 6) is 1.13. The van der Waals surface area contributed by atoms with Gasteiger partial charge in [-0.3, -0.25) is 4.79 Å². The van der Waals surface area contributed by atoms with Crippen molar-refractivity contribution in [1.29, 1.82) is 0 Å². The number of aliphatic hydroxyl groups excluding tert-OH is 1. The lowest BCUT2D eigenvalue weighted by atomic mass is 10.1. The van der Waals surface area contributed by atoms with Crippen LogP contribution in [0.25, 0.3) is 0 Å². The van der Waals surface area contributed by atoms with Crippen molar-refractivity contribution in [2.45, 2.75) is 32.8 Å². The van der Waals surface area contributed by atoms with Gasteiger partial charge < -0.3 is 14.4 Å². The van der Waals surface area contributed by atoms with Crippen molar-refractivity contribution >= 4 is 5.91 Å². The summed E-state index contributed by atoms with van der Waals surface area (Å²) in [4.78, 5) is 13.8. The molecule has 4 nitrogen and oxygen atoms in total. The first-order valence-corrected chi connectivity index (χ1v) is 5.62. The van der Waals surface area contributed by atoms with Gasteiger partial charge in [0.2, 0.25) is 0 Å². The third-order valence-corrected chi connectivity index (χ3v) is 3.13. The van der Waals surface area contributed by atoms with Crippen molar-refractivity contribution in [2.24, 2.45) is 0 Å². The Balaban J connectivity index is 2.07. The largest absolute Gasteiger partial charge is 0.456 e. The quantitative estimate of drug-likeness (QED) is 0.784. The van der Waals surface area contributed by atoms with E-state index < -0.39 is 0 Å². The van der Waals surface area contributed by atoms with Crippen molar-refractivity contribution in [1.82, 2.24) is 4.90 Å². The van der Waals surface area contributed by atoms with E-state index in [-0.39, 0.29) is 12.0 Å². The molecule has 0 atom stereocenters. The van der Waals surface area contributed by atoms with Gasteiger partial charge in [0.25, 0.3) is 5.91 Å². The predicted octanol–water partition coefficient (Wildman–Crippen LogP) is 1.49. The van der Waals surface area contributed by atoms with Crippen molar-refractivity contribution in [3.8, 4) is 0 Å². The number of carbonyl (C=O) groups is 1. The van der Waals surface area contributed by atoms with E-state index in [0.717, 1.165) is 11.3 Å². The van der Waals surface area contributed by atoms with Crippen LogP contribution in [0.5, 0.6) is 0 Å². The third-order valence-electron chi connectivity index (χ3n) is 3.13. The number of amides is 1. The van der Waals surface area contributed by atoms with Gasteiger partial charge in [-0.15, -0.1) is 0 Å². The molecule has 1 aromatic rings. The molecule has 0 saturated carbocycles. The fourth-order valence-corrected chi connectivity index (χ4v) is 1.90. The van der Waals surface area contributed by atoms with E-state index >= 15 is 0 Å². The average Bonchev–Trinajstić information content (AvgIpc) is 2.59. The highest BCUT2D eigenvalue weighted by Crippen LogP contribution is 2.18. The summed E-state index contributed by atoms with van der Waals surface area (Å²) >= 11 is 0. The lowest BCUT2D eigenvalue weighted by molar-refractivity contribution is 0.0519. The standard InChI is InChI=1S/C12H17NO3/c1-8-7-11(16-9(8)2)12(15)13-5-3-10(14)4-6-13/h7,10,14H,3-6H2,1-2H3. The molecule has 4 heteroatoms. The van der Waals surface area contributed by atoms with Crippen LogP contribution < -0.4 is 0 Å². The molecule has 0 aromatic carbocycles. The zero-order chi connectivity index (χ0) is 11.7. The molecule has 1 aromatic heterocycles. The Morgan fingerprint density at radius 2 is 2.06 bits per heavy atom. The van der Waals surface area contributed by atoms with Crippen LogP contribution in [0.2, 0.25) is 0 Å². The minimum absolute atomic E-state index is 0.0666. The van der Waals surface area contributed by atoms with Gasteiger partial charge in [-0.1, -0.05) is 0 Å². The summed E-state index contributed by atoms with van der Waals surface area (Å²) in [6, 6.07) is 1.78. The number of carbonyl (C=O) groups excluding carboxylic acids is 1. The Morgan fingerprint density at radius 1 is 1.44 bits per heavy atom. The van der Waals surface area contributed by atoms with Crippen molar-refractivity contribution < 1.29 is 14.3 Å². The van der Waals surface area contributed by atoms with Crippen LogP contribution >= 0.6 is 0 Å². The van der Waals surface area contributed by atoms with Crippen LogP contribution in [0.4, 0.5) is 0 Å². The Hall–Kier alpha value is -1.29. The van der Waals surface area contributed by atoms with E-state index in [9.17, 15) is 9.90 Å². The third kappa shape index (κ3) is 2.11. The molecule has 16 heavy (non-hydrogen) atoms. The topological polar surface area (TPSA) is 53.7 Å². The van der Waals surface area contributed by atoms with Crippen LogP contribution in [0.1, 0.15) is 34.7 Å². The summed E-state index contributed by atoms with van der Waals surface area (Å²) in [7, 11) is 0. The molecule has 0 spiro atoms. The summed E-state index contributed by atoms with van der Waals surface area (Å²) in [6.07, 6.45) is 1.05. The van der Waals surface area contributed by atoms with E-state index in [1.165, 1.54) is 0 Å². The van der Waals surface area contributed by atoms with Gasteiger partial charge in [0.05, 0.1) is 6.10 Å². The average molecular weight is 223 g/mol. The van der Waals surface area contributed by atoms with Gasteiger partial charge in [-0.2, -0.15) is 0 Å². The molecule has 0 aliphatic carbocycles. The van der Waals surface area contributed by atoms with Crippen molar-refractivity contribution in [3.63, 3.8) is 0 Å². The molecule has 2 rings (SSSR count). The fraction of sp³-hybridized carbons (Fsp3) is 0.583. The zero-order valence-electron chi connectivity index (χ0n) is 9.69. The van der Waals surface area contributed by atoms with Crippen LogP contribution in [0, 0.1) is 13.8 Å². The molecular formula is C12H17NO3. The Bertz CT molecular complexity index is 369.